The maximum absolute atomic E-state index is 5.59. The van der Waals surface area contributed by atoms with E-state index in [1.54, 1.807) is 6.08 Å². The van der Waals surface area contributed by atoms with Crippen LogP contribution in [0.1, 0.15) is 6.42 Å². The maximum atomic E-state index is 5.59. The topological polar surface area (TPSA) is 18.5 Å². The van der Waals surface area contributed by atoms with E-state index in [4.69, 9.17) is 21.1 Å². The second-order valence-corrected chi connectivity index (χ2v) is 2.91. The predicted octanol–water partition coefficient (Wildman–Crippen LogP) is 2.13. The van der Waals surface area contributed by atoms with Crippen molar-refractivity contribution >= 4 is 11.6 Å². The van der Waals surface area contributed by atoms with E-state index >= 15 is 0 Å². The van der Waals surface area contributed by atoms with Crippen molar-refractivity contribution in [3.8, 4) is 0 Å². The van der Waals surface area contributed by atoms with Crippen LogP contribution in [-0.2, 0) is 9.47 Å². The van der Waals surface area contributed by atoms with Crippen LogP contribution in [-0.4, -0.2) is 12.7 Å². The average Bonchev–Trinajstić information content (AvgIpc) is 2.51. The van der Waals surface area contributed by atoms with Gasteiger partial charge in [-0.2, -0.15) is 0 Å². The van der Waals surface area contributed by atoms with Crippen molar-refractivity contribution < 1.29 is 9.47 Å². The Morgan fingerprint density at radius 2 is 2.42 bits per heavy atom. The summed E-state index contributed by atoms with van der Waals surface area (Å²) in [6.45, 7) is 0.313. The molecular formula is C9H8ClO2. The Labute approximate surface area is 76.1 Å². The summed E-state index contributed by atoms with van der Waals surface area (Å²) in [5.41, 5.74) is 4.14. The number of halogens is 1. The molecule has 2 aliphatic rings. The molecule has 0 unspecified atom stereocenters. The molecule has 63 valence electrons. The van der Waals surface area contributed by atoms with Crippen molar-refractivity contribution in [2.75, 3.05) is 12.7 Å². The summed E-state index contributed by atoms with van der Waals surface area (Å²) in [6, 6.07) is 0. The van der Waals surface area contributed by atoms with E-state index in [9.17, 15) is 0 Å². The van der Waals surface area contributed by atoms with E-state index in [1.165, 1.54) is 0 Å². The van der Waals surface area contributed by atoms with Crippen LogP contribution >= 0.6 is 11.6 Å². The van der Waals surface area contributed by atoms with Crippen molar-refractivity contribution in [3.63, 3.8) is 0 Å². The van der Waals surface area contributed by atoms with Crippen molar-refractivity contribution in [1.29, 1.82) is 0 Å². The summed E-state index contributed by atoms with van der Waals surface area (Å²) in [6.07, 6.45) is 5.31. The Morgan fingerprint density at radius 1 is 1.50 bits per heavy atom. The highest BCUT2D eigenvalue weighted by Gasteiger charge is 2.24. The summed E-state index contributed by atoms with van der Waals surface area (Å²) in [7, 11) is 0. The third-order valence-electron chi connectivity index (χ3n) is 1.73. The van der Waals surface area contributed by atoms with Crippen LogP contribution in [0.15, 0.2) is 29.2 Å². The Balaban J connectivity index is 2.18. The largest absolute Gasteiger partial charge is 0.468 e. The van der Waals surface area contributed by atoms with Gasteiger partial charge in [0.05, 0.1) is 0 Å². The number of hydrogen-bond acceptors (Lipinski definition) is 2. The molecule has 0 N–H and O–H groups in total. The Bertz CT molecular complexity index is 274. The number of rotatable bonds is 2. The van der Waals surface area contributed by atoms with Crippen molar-refractivity contribution in [2.45, 2.75) is 6.42 Å². The molecule has 1 radical (unpaired) electrons. The summed E-state index contributed by atoms with van der Waals surface area (Å²) >= 11 is 5.59. The third-order valence-corrected chi connectivity index (χ3v) is 1.92. The van der Waals surface area contributed by atoms with E-state index in [0.717, 1.165) is 23.9 Å². The molecule has 0 spiro atoms. The van der Waals surface area contributed by atoms with Gasteiger partial charge in [-0.25, -0.2) is 0 Å². The second-order valence-electron chi connectivity index (χ2n) is 2.53. The van der Waals surface area contributed by atoms with Gasteiger partial charge in [0, 0.05) is 12.0 Å². The van der Waals surface area contributed by atoms with Crippen LogP contribution < -0.4 is 0 Å². The summed E-state index contributed by atoms with van der Waals surface area (Å²) in [5, 5.41) is 0. The Hall–Kier alpha value is -0.690. The molecule has 1 aliphatic carbocycles. The molecule has 1 fully saturated rings. The van der Waals surface area contributed by atoms with Gasteiger partial charge in [0.2, 0.25) is 0 Å². The van der Waals surface area contributed by atoms with Gasteiger partial charge in [-0.05, 0) is 18.1 Å². The van der Waals surface area contributed by atoms with Gasteiger partial charge in [0.15, 0.2) is 12.9 Å². The molecule has 0 aromatic rings. The molecule has 0 amide bonds. The minimum Gasteiger partial charge on any atom is -0.468 e. The standard InChI is InChI=1S/C9H8ClO2/c10-4-3-7-1-2-8-9(5-7)12-6-11-8/h2,5H,3-4,6H2. The number of hydrogen-bond donors (Lipinski definition) is 0. The average molecular weight is 184 g/mol. The van der Waals surface area contributed by atoms with Gasteiger partial charge in [-0.1, -0.05) is 0 Å². The van der Waals surface area contributed by atoms with E-state index in [-0.39, 0.29) is 0 Å². The lowest BCUT2D eigenvalue weighted by Crippen LogP contribution is -1.96. The van der Waals surface area contributed by atoms with Gasteiger partial charge >= 0.3 is 0 Å². The number of allylic oxidation sites excluding steroid dienone is 1. The van der Waals surface area contributed by atoms with Crippen molar-refractivity contribution in [1.82, 2.24) is 0 Å². The fourth-order valence-corrected chi connectivity index (χ4v) is 1.33. The smallest absolute Gasteiger partial charge is 0.195 e. The summed E-state index contributed by atoms with van der Waals surface area (Å²) < 4.78 is 10.3. The van der Waals surface area contributed by atoms with Crippen LogP contribution in [0.4, 0.5) is 0 Å². The van der Waals surface area contributed by atoms with Crippen LogP contribution in [0.3, 0.4) is 0 Å². The van der Waals surface area contributed by atoms with Crippen LogP contribution in [0, 0.1) is 6.10 Å². The molecular weight excluding hydrogens is 176 g/mol. The molecule has 0 aromatic carbocycles. The zero-order chi connectivity index (χ0) is 8.39. The first-order valence-corrected chi connectivity index (χ1v) is 4.30. The molecule has 0 aromatic heterocycles. The first-order chi connectivity index (χ1) is 5.90. The zero-order valence-corrected chi connectivity index (χ0v) is 7.23. The molecule has 1 aliphatic heterocycles. The fourth-order valence-electron chi connectivity index (χ4n) is 1.13. The normalized spacial score (nSPS) is 21.4. The zero-order valence-electron chi connectivity index (χ0n) is 6.47. The van der Waals surface area contributed by atoms with Gasteiger partial charge in [-0.3, -0.25) is 0 Å². The minimum absolute atomic E-state index is 0.313. The van der Waals surface area contributed by atoms with E-state index < -0.39 is 0 Å². The molecule has 0 bridgehead atoms. The molecule has 1 heterocycles. The lowest BCUT2D eigenvalue weighted by Gasteiger charge is -2.05. The maximum Gasteiger partial charge on any atom is 0.195 e. The molecule has 3 heteroatoms. The molecule has 0 atom stereocenters. The monoisotopic (exact) mass is 183 g/mol. The minimum atomic E-state index is 0.313. The molecule has 2 nitrogen and oxygen atoms in total. The first kappa shape index (κ1) is 7.93. The first-order valence-electron chi connectivity index (χ1n) is 3.76. The fraction of sp³-hybridized carbons (Fsp3) is 0.333. The van der Waals surface area contributed by atoms with Crippen LogP contribution in [0.2, 0.25) is 0 Å². The van der Waals surface area contributed by atoms with Crippen molar-refractivity contribution in [2.24, 2.45) is 0 Å². The quantitative estimate of drug-likeness (QED) is 0.482. The predicted molar refractivity (Wildman–Crippen MR) is 45.3 cm³/mol. The second kappa shape index (κ2) is 3.36. The number of alkyl halides is 1. The highest BCUT2D eigenvalue weighted by atomic mass is 35.5. The van der Waals surface area contributed by atoms with Gasteiger partial charge in [-0.15, -0.1) is 17.3 Å². The molecule has 1 saturated heterocycles. The Morgan fingerprint density at radius 3 is 3.25 bits per heavy atom. The van der Waals surface area contributed by atoms with E-state index in [0.29, 0.717) is 12.7 Å². The van der Waals surface area contributed by atoms with E-state index in [2.05, 4.69) is 5.73 Å². The van der Waals surface area contributed by atoms with E-state index in [1.807, 2.05) is 6.08 Å². The lowest BCUT2D eigenvalue weighted by molar-refractivity contribution is 0.0870. The highest BCUT2D eigenvalue weighted by molar-refractivity contribution is 6.18. The summed E-state index contributed by atoms with van der Waals surface area (Å²) in [4.78, 5) is 0. The van der Waals surface area contributed by atoms with Crippen molar-refractivity contribution in [3.05, 3.63) is 35.3 Å². The third kappa shape index (κ3) is 1.42. The number of ether oxygens (including phenoxy) is 2. The van der Waals surface area contributed by atoms with Crippen LogP contribution in [0.25, 0.3) is 0 Å². The molecule has 0 saturated carbocycles. The summed E-state index contributed by atoms with van der Waals surface area (Å²) in [5.74, 6) is 1.41. The van der Waals surface area contributed by atoms with Gasteiger partial charge in [0.25, 0.3) is 0 Å². The molecule has 2 rings (SSSR count). The number of fused-ring (bicyclic) bond motifs is 1. The highest BCUT2D eigenvalue weighted by Crippen LogP contribution is 2.29. The van der Waals surface area contributed by atoms with Gasteiger partial charge in [0.1, 0.15) is 5.76 Å². The Kier molecular flexibility index (Phi) is 2.22. The SMILES string of the molecule is ClCCC1=C=C[C]2OCOC2=C1. The van der Waals surface area contributed by atoms with Gasteiger partial charge < -0.3 is 9.47 Å². The lowest BCUT2D eigenvalue weighted by atomic mass is 10.1. The van der Waals surface area contributed by atoms with Crippen LogP contribution in [0.5, 0.6) is 0 Å². The molecule has 12 heavy (non-hydrogen) atoms.